The summed E-state index contributed by atoms with van der Waals surface area (Å²) < 4.78 is 16.5. The van der Waals surface area contributed by atoms with E-state index in [0.717, 1.165) is 17.6 Å². The lowest BCUT2D eigenvalue weighted by Gasteiger charge is -2.30. The predicted octanol–water partition coefficient (Wildman–Crippen LogP) is 3.25. The molecular formula is C18H26O4. The largest absolute Gasteiger partial charge is 0.497 e. The van der Waals surface area contributed by atoms with Crippen molar-refractivity contribution in [3.05, 3.63) is 42.5 Å². The molecule has 0 aromatic heterocycles. The lowest BCUT2D eigenvalue weighted by molar-refractivity contribution is -0.120. The van der Waals surface area contributed by atoms with Gasteiger partial charge in [-0.1, -0.05) is 32.1 Å². The smallest absolute Gasteiger partial charge is 0.125 e. The molecule has 4 nitrogen and oxygen atoms in total. The maximum Gasteiger partial charge on any atom is 0.125 e. The van der Waals surface area contributed by atoms with Crippen molar-refractivity contribution in [1.82, 2.24) is 0 Å². The van der Waals surface area contributed by atoms with Gasteiger partial charge in [0.25, 0.3) is 0 Å². The van der Waals surface area contributed by atoms with E-state index in [4.69, 9.17) is 14.2 Å². The van der Waals surface area contributed by atoms with Gasteiger partial charge in [0.1, 0.15) is 12.0 Å². The Morgan fingerprint density at radius 3 is 2.27 bits per heavy atom. The van der Waals surface area contributed by atoms with Crippen molar-refractivity contribution in [2.24, 2.45) is 11.8 Å². The first-order valence-corrected chi connectivity index (χ1v) is 7.42. The van der Waals surface area contributed by atoms with Gasteiger partial charge in [-0.25, -0.2) is 0 Å². The van der Waals surface area contributed by atoms with E-state index in [-0.39, 0.29) is 24.0 Å². The monoisotopic (exact) mass is 306 g/mol. The van der Waals surface area contributed by atoms with Crippen molar-refractivity contribution in [2.45, 2.75) is 32.7 Å². The molecule has 0 radical (unpaired) electrons. The van der Waals surface area contributed by atoms with Crippen molar-refractivity contribution in [3.63, 3.8) is 0 Å². The molecule has 0 aliphatic rings. The van der Waals surface area contributed by atoms with Crippen LogP contribution in [-0.4, -0.2) is 32.7 Å². The standard InChI is InChI=1S/C18H26O4/c1-6-17(21-5)14(3)18(13(2)11-19)22-12-15-7-9-16(20-4)10-8-15/h6-11,13-14,17-18H,1,12H2,2-5H3/t13-,14-,17-,18-/m1/s1. The highest BCUT2D eigenvalue weighted by atomic mass is 16.5. The summed E-state index contributed by atoms with van der Waals surface area (Å²) in [5.41, 5.74) is 1.03. The Kier molecular flexibility index (Phi) is 7.85. The third-order valence-electron chi connectivity index (χ3n) is 3.88. The molecule has 0 unspecified atom stereocenters. The van der Waals surface area contributed by atoms with Crippen molar-refractivity contribution in [1.29, 1.82) is 0 Å². The average molecular weight is 306 g/mol. The van der Waals surface area contributed by atoms with E-state index < -0.39 is 0 Å². The van der Waals surface area contributed by atoms with E-state index in [1.54, 1.807) is 20.3 Å². The van der Waals surface area contributed by atoms with E-state index in [1.807, 2.05) is 38.1 Å². The lowest BCUT2D eigenvalue weighted by atomic mass is 9.89. The summed E-state index contributed by atoms with van der Waals surface area (Å²) in [7, 11) is 3.27. The molecule has 122 valence electrons. The summed E-state index contributed by atoms with van der Waals surface area (Å²) in [5.74, 6) is 0.618. The Morgan fingerprint density at radius 1 is 1.18 bits per heavy atom. The molecule has 0 aliphatic heterocycles. The van der Waals surface area contributed by atoms with Crippen LogP contribution in [0.1, 0.15) is 19.4 Å². The lowest BCUT2D eigenvalue weighted by Crippen LogP contribution is -2.37. The predicted molar refractivity (Wildman–Crippen MR) is 87.0 cm³/mol. The van der Waals surface area contributed by atoms with Crippen LogP contribution in [0.25, 0.3) is 0 Å². The van der Waals surface area contributed by atoms with Gasteiger partial charge >= 0.3 is 0 Å². The van der Waals surface area contributed by atoms with Crippen LogP contribution in [0.5, 0.6) is 5.75 Å². The highest BCUT2D eigenvalue weighted by molar-refractivity contribution is 5.53. The van der Waals surface area contributed by atoms with Crippen molar-refractivity contribution < 1.29 is 19.0 Å². The second-order valence-corrected chi connectivity index (χ2v) is 5.41. The first-order valence-electron chi connectivity index (χ1n) is 7.42. The molecule has 0 spiro atoms. The molecular weight excluding hydrogens is 280 g/mol. The topological polar surface area (TPSA) is 44.8 Å². The van der Waals surface area contributed by atoms with Gasteiger partial charge in [0, 0.05) is 18.9 Å². The van der Waals surface area contributed by atoms with Gasteiger partial charge in [0.2, 0.25) is 0 Å². The maximum atomic E-state index is 11.2. The molecule has 22 heavy (non-hydrogen) atoms. The summed E-state index contributed by atoms with van der Waals surface area (Å²) in [4.78, 5) is 11.2. The molecule has 1 aromatic rings. The quantitative estimate of drug-likeness (QED) is 0.492. The first-order chi connectivity index (χ1) is 10.6. The zero-order chi connectivity index (χ0) is 16.5. The van der Waals surface area contributed by atoms with Crippen LogP contribution in [0.4, 0.5) is 0 Å². The van der Waals surface area contributed by atoms with Crippen molar-refractivity contribution in [3.8, 4) is 5.75 Å². The van der Waals surface area contributed by atoms with E-state index in [2.05, 4.69) is 6.58 Å². The SMILES string of the molecule is C=C[C@@H](OC)[C@@H](C)[C@H](OCc1ccc(OC)cc1)[C@H](C)C=O. The number of carbonyl (C=O) groups is 1. The number of rotatable bonds is 10. The van der Waals surface area contributed by atoms with Crippen LogP contribution in [0.3, 0.4) is 0 Å². The molecule has 0 bridgehead atoms. The molecule has 0 fully saturated rings. The minimum absolute atomic E-state index is 0.0287. The fourth-order valence-electron chi connectivity index (χ4n) is 2.49. The normalized spacial score (nSPS) is 16.4. The van der Waals surface area contributed by atoms with Gasteiger partial charge in [-0.05, 0) is 17.7 Å². The summed E-state index contributed by atoms with van der Waals surface area (Å²) >= 11 is 0. The number of hydrogen-bond donors (Lipinski definition) is 0. The Bertz CT molecular complexity index is 455. The van der Waals surface area contributed by atoms with Crippen molar-refractivity contribution in [2.75, 3.05) is 14.2 Å². The number of ether oxygens (including phenoxy) is 3. The molecule has 4 heteroatoms. The van der Waals surface area contributed by atoms with E-state index in [1.165, 1.54) is 0 Å². The van der Waals surface area contributed by atoms with Gasteiger partial charge in [0.15, 0.2) is 0 Å². The number of carbonyl (C=O) groups excluding carboxylic acids is 1. The Balaban J connectivity index is 2.75. The zero-order valence-electron chi connectivity index (χ0n) is 13.8. The van der Waals surface area contributed by atoms with Crippen LogP contribution in [0, 0.1) is 11.8 Å². The number of hydrogen-bond acceptors (Lipinski definition) is 4. The number of benzene rings is 1. The van der Waals surface area contributed by atoms with Gasteiger partial charge < -0.3 is 19.0 Å². The third-order valence-corrected chi connectivity index (χ3v) is 3.88. The number of aldehydes is 1. The van der Waals surface area contributed by atoms with Gasteiger partial charge in [-0.2, -0.15) is 0 Å². The molecule has 0 N–H and O–H groups in total. The highest BCUT2D eigenvalue weighted by Gasteiger charge is 2.29. The molecule has 0 saturated heterocycles. The molecule has 0 amide bonds. The summed E-state index contributed by atoms with van der Waals surface area (Å²) in [6, 6.07) is 7.69. The third kappa shape index (κ3) is 4.97. The summed E-state index contributed by atoms with van der Waals surface area (Å²) in [6.45, 7) is 8.08. The summed E-state index contributed by atoms with van der Waals surface area (Å²) in [6.07, 6.45) is 2.28. The highest BCUT2D eigenvalue weighted by Crippen LogP contribution is 2.23. The van der Waals surface area contributed by atoms with Gasteiger partial charge in [0.05, 0.1) is 25.9 Å². The second-order valence-electron chi connectivity index (χ2n) is 5.41. The molecule has 0 heterocycles. The van der Waals surface area contributed by atoms with Crippen molar-refractivity contribution >= 4 is 6.29 Å². The van der Waals surface area contributed by atoms with Crippen LogP contribution < -0.4 is 4.74 Å². The van der Waals surface area contributed by atoms with E-state index in [9.17, 15) is 4.79 Å². The zero-order valence-corrected chi connectivity index (χ0v) is 13.8. The summed E-state index contributed by atoms with van der Waals surface area (Å²) in [5, 5.41) is 0. The van der Waals surface area contributed by atoms with E-state index in [0.29, 0.717) is 6.61 Å². The van der Waals surface area contributed by atoms with Gasteiger partial charge in [-0.15, -0.1) is 6.58 Å². The first kappa shape index (κ1) is 18.4. The minimum atomic E-state index is -0.234. The fraction of sp³-hybridized carbons (Fsp3) is 0.500. The van der Waals surface area contributed by atoms with Crippen LogP contribution in [-0.2, 0) is 20.9 Å². The molecule has 0 aliphatic carbocycles. The molecule has 0 saturated carbocycles. The second kappa shape index (κ2) is 9.38. The molecule has 4 atom stereocenters. The Hall–Kier alpha value is -1.65. The van der Waals surface area contributed by atoms with Crippen LogP contribution in [0.15, 0.2) is 36.9 Å². The van der Waals surface area contributed by atoms with Crippen LogP contribution in [0.2, 0.25) is 0 Å². The van der Waals surface area contributed by atoms with E-state index >= 15 is 0 Å². The number of methoxy groups -OCH3 is 2. The van der Waals surface area contributed by atoms with Crippen LogP contribution >= 0.6 is 0 Å². The van der Waals surface area contributed by atoms with Gasteiger partial charge in [-0.3, -0.25) is 0 Å². The average Bonchev–Trinajstić information content (AvgIpc) is 2.56. The fourth-order valence-corrected chi connectivity index (χ4v) is 2.49. The molecule has 1 aromatic carbocycles. The maximum absolute atomic E-state index is 11.2. The molecule has 1 rings (SSSR count). The minimum Gasteiger partial charge on any atom is -0.497 e. The Labute approximate surface area is 133 Å². The Morgan fingerprint density at radius 2 is 1.82 bits per heavy atom.